The molecular formula is C21H34ClN. The molecule has 130 valence electrons. The maximum absolute atomic E-state index is 3.93. The second-order valence-electron chi connectivity index (χ2n) is 7.38. The number of rotatable bonds is 8. The fourth-order valence-electron chi connectivity index (χ4n) is 4.73. The van der Waals surface area contributed by atoms with Gasteiger partial charge in [-0.15, -0.1) is 12.4 Å². The molecular weight excluding hydrogens is 302 g/mol. The van der Waals surface area contributed by atoms with Crippen LogP contribution in [0.4, 0.5) is 0 Å². The monoisotopic (exact) mass is 335 g/mol. The minimum atomic E-state index is 0. The molecule has 0 spiro atoms. The minimum absolute atomic E-state index is 0. The van der Waals surface area contributed by atoms with E-state index in [9.17, 15) is 0 Å². The molecule has 0 bridgehead atoms. The van der Waals surface area contributed by atoms with Gasteiger partial charge in [-0.3, -0.25) is 0 Å². The van der Waals surface area contributed by atoms with Gasteiger partial charge in [0.05, 0.1) is 0 Å². The molecule has 0 saturated heterocycles. The van der Waals surface area contributed by atoms with Crippen molar-refractivity contribution in [3.8, 4) is 0 Å². The van der Waals surface area contributed by atoms with Crippen LogP contribution >= 0.6 is 12.4 Å². The first kappa shape index (κ1) is 18.8. The Morgan fingerprint density at radius 2 is 1.61 bits per heavy atom. The minimum Gasteiger partial charge on any atom is -0.310 e. The lowest BCUT2D eigenvalue weighted by Crippen LogP contribution is -2.28. The van der Waals surface area contributed by atoms with Crippen LogP contribution in [0.25, 0.3) is 0 Å². The highest BCUT2D eigenvalue weighted by Gasteiger charge is 2.40. The lowest BCUT2D eigenvalue weighted by Gasteiger charge is -2.30. The zero-order valence-corrected chi connectivity index (χ0v) is 15.5. The van der Waals surface area contributed by atoms with Crippen molar-refractivity contribution in [2.75, 3.05) is 6.54 Å². The molecule has 3 atom stereocenters. The molecule has 2 aliphatic carbocycles. The van der Waals surface area contributed by atoms with Gasteiger partial charge in [-0.05, 0) is 48.8 Å². The Labute approximate surface area is 149 Å². The number of hydrogen-bond donors (Lipinski definition) is 1. The molecule has 2 heteroatoms. The van der Waals surface area contributed by atoms with Crippen molar-refractivity contribution >= 4 is 12.4 Å². The summed E-state index contributed by atoms with van der Waals surface area (Å²) < 4.78 is 0. The fraction of sp³-hybridized carbons (Fsp3) is 0.714. The smallest absolute Gasteiger partial charge is 0.0357 e. The van der Waals surface area contributed by atoms with Crippen LogP contribution in [0.5, 0.6) is 0 Å². The van der Waals surface area contributed by atoms with Crippen LogP contribution in [0, 0.1) is 5.92 Å². The van der Waals surface area contributed by atoms with Crippen molar-refractivity contribution in [2.45, 2.75) is 83.1 Å². The molecule has 1 nitrogen and oxygen atoms in total. The quantitative estimate of drug-likeness (QED) is 0.543. The third-order valence-electron chi connectivity index (χ3n) is 5.87. The molecule has 0 heterocycles. The van der Waals surface area contributed by atoms with Crippen molar-refractivity contribution in [1.29, 1.82) is 0 Å². The zero-order chi connectivity index (χ0) is 15.2. The van der Waals surface area contributed by atoms with E-state index < -0.39 is 0 Å². The molecule has 3 rings (SSSR count). The van der Waals surface area contributed by atoms with Crippen LogP contribution in [-0.4, -0.2) is 6.54 Å². The molecule has 1 N–H and O–H groups in total. The number of hydrogen-bond acceptors (Lipinski definition) is 1. The molecule has 0 aromatic heterocycles. The van der Waals surface area contributed by atoms with Crippen LogP contribution in [0.1, 0.15) is 94.2 Å². The zero-order valence-electron chi connectivity index (χ0n) is 14.7. The summed E-state index contributed by atoms with van der Waals surface area (Å²) in [5.74, 6) is 1.71. The van der Waals surface area contributed by atoms with Gasteiger partial charge in [0.25, 0.3) is 0 Å². The Balaban J connectivity index is 0.00000192. The average molecular weight is 336 g/mol. The maximum atomic E-state index is 3.93. The normalized spacial score (nSPS) is 25.5. The van der Waals surface area contributed by atoms with Crippen LogP contribution in [0.2, 0.25) is 0 Å². The van der Waals surface area contributed by atoms with Crippen LogP contribution in [0.3, 0.4) is 0 Å². The van der Waals surface area contributed by atoms with E-state index in [-0.39, 0.29) is 12.4 Å². The van der Waals surface area contributed by atoms with E-state index in [4.69, 9.17) is 0 Å². The van der Waals surface area contributed by atoms with Gasteiger partial charge in [0, 0.05) is 6.04 Å². The molecule has 0 amide bonds. The summed E-state index contributed by atoms with van der Waals surface area (Å²) in [5, 5.41) is 3.93. The number of fused-ring (bicyclic) bond motifs is 3. The third-order valence-corrected chi connectivity index (χ3v) is 5.87. The van der Waals surface area contributed by atoms with Crippen molar-refractivity contribution in [1.82, 2.24) is 5.32 Å². The van der Waals surface area contributed by atoms with E-state index >= 15 is 0 Å². The summed E-state index contributed by atoms with van der Waals surface area (Å²) in [7, 11) is 0. The average Bonchev–Trinajstić information content (AvgIpc) is 2.89. The van der Waals surface area contributed by atoms with E-state index in [1.807, 2.05) is 0 Å². The summed E-state index contributed by atoms with van der Waals surface area (Å²) in [4.78, 5) is 0. The molecule has 3 unspecified atom stereocenters. The molecule has 2 aliphatic rings. The van der Waals surface area contributed by atoms with E-state index in [2.05, 4.69) is 36.5 Å². The first-order chi connectivity index (χ1) is 10.9. The Kier molecular flexibility index (Phi) is 7.92. The predicted molar refractivity (Wildman–Crippen MR) is 103 cm³/mol. The number of halogens is 1. The standard InChI is InChI=1S/C21H33N.ClH/c1-2-3-4-5-6-11-16-22-21-19-14-9-7-12-17(19)18-13-8-10-15-20(18)21;/h7,9,12,14,18,20-22H,2-6,8,10-11,13,15-16H2,1H3;1H. The van der Waals surface area contributed by atoms with Gasteiger partial charge in [-0.1, -0.05) is 76.1 Å². The molecule has 23 heavy (non-hydrogen) atoms. The summed E-state index contributed by atoms with van der Waals surface area (Å²) in [5.41, 5.74) is 3.28. The number of unbranched alkanes of at least 4 members (excludes halogenated alkanes) is 5. The van der Waals surface area contributed by atoms with Gasteiger partial charge >= 0.3 is 0 Å². The van der Waals surface area contributed by atoms with Crippen molar-refractivity contribution in [3.63, 3.8) is 0 Å². The second kappa shape index (κ2) is 9.69. The van der Waals surface area contributed by atoms with E-state index in [1.165, 1.54) is 70.8 Å². The summed E-state index contributed by atoms with van der Waals surface area (Å²) in [6, 6.07) is 9.88. The third kappa shape index (κ3) is 4.51. The first-order valence-corrected chi connectivity index (χ1v) is 9.74. The molecule has 0 radical (unpaired) electrons. The predicted octanol–water partition coefficient (Wildman–Crippen LogP) is 6.39. The van der Waals surface area contributed by atoms with Crippen molar-refractivity contribution in [2.24, 2.45) is 5.92 Å². The van der Waals surface area contributed by atoms with Crippen molar-refractivity contribution in [3.05, 3.63) is 35.4 Å². The summed E-state index contributed by atoms with van der Waals surface area (Å²) in [6.07, 6.45) is 14.0. The molecule has 1 aromatic rings. The molecule has 1 aromatic carbocycles. The van der Waals surface area contributed by atoms with E-state index in [0.717, 1.165) is 11.8 Å². The molecule has 1 fully saturated rings. The van der Waals surface area contributed by atoms with Gasteiger partial charge < -0.3 is 5.32 Å². The van der Waals surface area contributed by atoms with Gasteiger partial charge in [-0.25, -0.2) is 0 Å². The Hall–Kier alpha value is -0.530. The number of nitrogens with one attached hydrogen (secondary N) is 1. The Morgan fingerprint density at radius 1 is 0.913 bits per heavy atom. The highest BCUT2D eigenvalue weighted by molar-refractivity contribution is 5.85. The highest BCUT2D eigenvalue weighted by Crippen LogP contribution is 2.51. The Morgan fingerprint density at radius 3 is 2.43 bits per heavy atom. The lowest BCUT2D eigenvalue weighted by molar-refractivity contribution is 0.262. The molecule has 1 saturated carbocycles. The van der Waals surface area contributed by atoms with Crippen LogP contribution in [0.15, 0.2) is 24.3 Å². The van der Waals surface area contributed by atoms with E-state index in [0.29, 0.717) is 6.04 Å². The maximum Gasteiger partial charge on any atom is 0.0357 e. The first-order valence-electron chi connectivity index (χ1n) is 9.74. The second-order valence-corrected chi connectivity index (χ2v) is 7.38. The lowest BCUT2D eigenvalue weighted by atomic mass is 9.78. The Bertz CT molecular complexity index is 459. The van der Waals surface area contributed by atoms with Gasteiger partial charge in [-0.2, -0.15) is 0 Å². The van der Waals surface area contributed by atoms with Crippen LogP contribution in [-0.2, 0) is 0 Å². The summed E-state index contributed by atoms with van der Waals surface area (Å²) in [6.45, 7) is 3.49. The summed E-state index contributed by atoms with van der Waals surface area (Å²) >= 11 is 0. The SMILES string of the molecule is CCCCCCCCNC1c2ccccc2C2CCCCC21.Cl. The number of benzene rings is 1. The van der Waals surface area contributed by atoms with Gasteiger partial charge in [0.2, 0.25) is 0 Å². The highest BCUT2D eigenvalue weighted by atomic mass is 35.5. The largest absolute Gasteiger partial charge is 0.310 e. The van der Waals surface area contributed by atoms with E-state index in [1.54, 1.807) is 11.1 Å². The van der Waals surface area contributed by atoms with Crippen molar-refractivity contribution < 1.29 is 0 Å². The molecule has 0 aliphatic heterocycles. The van der Waals surface area contributed by atoms with Gasteiger partial charge in [0.1, 0.15) is 0 Å². The topological polar surface area (TPSA) is 12.0 Å². The fourth-order valence-corrected chi connectivity index (χ4v) is 4.73. The van der Waals surface area contributed by atoms with Gasteiger partial charge in [0.15, 0.2) is 0 Å². The van der Waals surface area contributed by atoms with Crippen LogP contribution < -0.4 is 5.32 Å².